The first-order valence-corrected chi connectivity index (χ1v) is 11.8. The van der Waals surface area contributed by atoms with Crippen molar-refractivity contribution in [2.24, 2.45) is 5.41 Å². The van der Waals surface area contributed by atoms with E-state index in [-0.39, 0.29) is 17.1 Å². The highest BCUT2D eigenvalue weighted by atomic mass is 16.5. The summed E-state index contributed by atoms with van der Waals surface area (Å²) in [5.74, 6) is 1.06. The fraction of sp³-hybridized carbons (Fsp3) is 0.440. The second-order valence-corrected chi connectivity index (χ2v) is 9.97. The Hall–Kier alpha value is -3.46. The van der Waals surface area contributed by atoms with E-state index in [9.17, 15) is 9.90 Å². The van der Waals surface area contributed by atoms with Crippen LogP contribution in [0, 0.1) is 12.3 Å². The summed E-state index contributed by atoms with van der Waals surface area (Å²) in [4.78, 5) is 18.0. The van der Waals surface area contributed by atoms with Crippen molar-refractivity contribution in [2.45, 2.75) is 25.2 Å². The lowest BCUT2D eigenvalue weighted by Gasteiger charge is -2.58. The summed E-state index contributed by atoms with van der Waals surface area (Å²) >= 11 is 0. The molecule has 0 saturated carbocycles. The van der Waals surface area contributed by atoms with Crippen molar-refractivity contribution >= 4 is 11.6 Å². The van der Waals surface area contributed by atoms with E-state index < -0.39 is 5.41 Å². The summed E-state index contributed by atoms with van der Waals surface area (Å²) < 4.78 is 5.40. The number of likely N-dealkylation sites (tertiary alicyclic amines) is 1. The second kappa shape index (κ2) is 7.80. The zero-order valence-corrected chi connectivity index (χ0v) is 19.2. The number of phenols is 1. The van der Waals surface area contributed by atoms with Crippen LogP contribution < -0.4 is 10.2 Å². The van der Waals surface area contributed by atoms with Crippen molar-refractivity contribution in [3.63, 3.8) is 0 Å². The Labute approximate surface area is 197 Å². The van der Waals surface area contributed by atoms with Crippen molar-refractivity contribution in [3.05, 3.63) is 54.0 Å². The van der Waals surface area contributed by atoms with Crippen LogP contribution in [0.1, 0.15) is 24.3 Å². The maximum atomic E-state index is 13.8. The minimum absolute atomic E-state index is 0.167. The van der Waals surface area contributed by atoms with Gasteiger partial charge in [-0.2, -0.15) is 10.2 Å². The monoisotopic (exact) mass is 460 g/mol. The van der Waals surface area contributed by atoms with Crippen molar-refractivity contribution < 1.29 is 14.4 Å². The molecule has 0 aliphatic carbocycles. The van der Waals surface area contributed by atoms with Crippen molar-refractivity contribution in [1.82, 2.24) is 25.6 Å². The molecule has 0 unspecified atom stereocenters. The Bertz CT molecular complexity index is 1220. The Kier molecular flexibility index (Phi) is 4.84. The van der Waals surface area contributed by atoms with Crippen LogP contribution in [-0.4, -0.2) is 70.5 Å². The molecule has 3 fully saturated rings. The number of para-hydroxylation sites is 1. The van der Waals surface area contributed by atoms with Gasteiger partial charge in [-0.15, -0.1) is 0 Å². The number of hydrogen-bond donors (Lipinski definition) is 2. The number of benzene rings is 1. The number of aryl methyl sites for hydroxylation is 1. The number of nitrogens with one attached hydrogen (secondary N) is 1. The molecule has 3 aromatic rings. The van der Waals surface area contributed by atoms with Gasteiger partial charge in [-0.1, -0.05) is 17.3 Å². The smallest absolute Gasteiger partial charge is 0.235 e. The average Bonchev–Trinajstić information content (AvgIpc) is 3.24. The Morgan fingerprint density at radius 2 is 1.91 bits per heavy atom. The molecule has 5 heterocycles. The van der Waals surface area contributed by atoms with Gasteiger partial charge in [-0.25, -0.2) is 0 Å². The number of piperidine rings is 1. The summed E-state index contributed by atoms with van der Waals surface area (Å²) in [6.45, 7) is 6.86. The molecule has 6 rings (SSSR count). The molecular formula is C25H28N6O3. The quantitative estimate of drug-likeness (QED) is 0.610. The van der Waals surface area contributed by atoms with Gasteiger partial charge in [-0.3, -0.25) is 4.79 Å². The van der Waals surface area contributed by atoms with Crippen LogP contribution >= 0.6 is 0 Å². The maximum absolute atomic E-state index is 13.8. The van der Waals surface area contributed by atoms with Gasteiger partial charge >= 0.3 is 0 Å². The molecule has 1 aromatic carbocycles. The van der Waals surface area contributed by atoms with Gasteiger partial charge < -0.3 is 24.7 Å². The average molecular weight is 461 g/mol. The molecule has 9 nitrogen and oxygen atoms in total. The third-order valence-corrected chi connectivity index (χ3v) is 7.67. The molecular weight excluding hydrogens is 432 g/mol. The summed E-state index contributed by atoms with van der Waals surface area (Å²) in [5.41, 5.74) is 2.54. The minimum Gasteiger partial charge on any atom is -0.507 e. The Balaban J connectivity index is 1.24. The molecule has 0 radical (unpaired) electrons. The van der Waals surface area contributed by atoms with E-state index in [1.165, 1.54) is 0 Å². The Morgan fingerprint density at radius 3 is 2.56 bits per heavy atom. The molecule has 2 aromatic heterocycles. The number of rotatable bonds is 4. The second-order valence-electron chi connectivity index (χ2n) is 9.97. The summed E-state index contributed by atoms with van der Waals surface area (Å²) in [6.07, 6.45) is 3.03. The molecule has 3 saturated heterocycles. The molecule has 0 atom stereocenters. The first-order valence-electron chi connectivity index (χ1n) is 11.8. The fourth-order valence-corrected chi connectivity index (χ4v) is 5.58. The van der Waals surface area contributed by atoms with E-state index in [2.05, 4.69) is 25.6 Å². The molecule has 1 amide bonds. The number of amides is 1. The van der Waals surface area contributed by atoms with Crippen LogP contribution in [-0.2, 0) is 10.2 Å². The molecule has 0 bridgehead atoms. The fourth-order valence-electron chi connectivity index (χ4n) is 5.58. The minimum atomic E-state index is -0.673. The lowest BCUT2D eigenvalue weighted by Crippen LogP contribution is -2.73. The van der Waals surface area contributed by atoms with Gasteiger partial charge in [0.2, 0.25) is 5.91 Å². The number of anilines is 1. The zero-order chi connectivity index (χ0) is 23.3. The normalized spacial score (nSPS) is 20.6. The van der Waals surface area contributed by atoms with Crippen LogP contribution in [0.25, 0.3) is 11.3 Å². The highest BCUT2D eigenvalue weighted by Gasteiger charge is 2.55. The maximum Gasteiger partial charge on any atom is 0.235 e. The first-order chi connectivity index (χ1) is 16.5. The van der Waals surface area contributed by atoms with Crippen molar-refractivity contribution in [3.8, 4) is 17.0 Å². The number of aromatic nitrogens is 3. The number of carbonyl (C=O) groups excluding carboxylic acids is 1. The van der Waals surface area contributed by atoms with Gasteiger partial charge in [0.15, 0.2) is 0 Å². The zero-order valence-electron chi connectivity index (χ0n) is 19.2. The SMILES string of the molecule is Cc1cc(C2(C(=O)N3CC4(CNC4)C3)CCN(c3cnnc(-c4ccccc4O)c3)CC2)no1. The van der Waals surface area contributed by atoms with Crippen LogP contribution in [0.15, 0.2) is 47.1 Å². The van der Waals surface area contributed by atoms with Crippen LogP contribution in [0.2, 0.25) is 0 Å². The van der Waals surface area contributed by atoms with Gasteiger partial charge in [-0.05, 0) is 38.0 Å². The third kappa shape index (κ3) is 3.34. The molecule has 1 spiro atoms. The number of aromatic hydroxyl groups is 1. The standard InChI is InChI=1S/C25H28N6O3/c1-17-10-22(29-34-17)25(23(33)31-15-24(16-31)13-26-14-24)6-8-30(9-7-25)18-11-20(28-27-12-18)19-4-2-3-5-21(19)32/h2-5,10-12,26,32H,6-9,13-16H2,1H3. The third-order valence-electron chi connectivity index (χ3n) is 7.67. The predicted molar refractivity (Wildman–Crippen MR) is 125 cm³/mol. The van der Waals surface area contributed by atoms with E-state index >= 15 is 0 Å². The van der Waals surface area contributed by atoms with Gasteiger partial charge in [0.25, 0.3) is 0 Å². The predicted octanol–water partition coefficient (Wildman–Crippen LogP) is 2.12. The highest BCUT2D eigenvalue weighted by Crippen LogP contribution is 2.43. The molecule has 3 aliphatic heterocycles. The van der Waals surface area contributed by atoms with Crippen molar-refractivity contribution in [2.75, 3.05) is 44.2 Å². The number of phenolic OH excluding ortho intramolecular Hbond substituents is 1. The van der Waals surface area contributed by atoms with E-state index in [1.807, 2.05) is 36.1 Å². The number of nitrogens with zero attached hydrogens (tertiary/aromatic N) is 5. The van der Waals surface area contributed by atoms with Crippen LogP contribution in [0.3, 0.4) is 0 Å². The summed E-state index contributed by atoms with van der Waals surface area (Å²) in [7, 11) is 0. The lowest BCUT2D eigenvalue weighted by molar-refractivity contribution is -0.154. The Morgan fingerprint density at radius 1 is 1.15 bits per heavy atom. The topological polar surface area (TPSA) is 108 Å². The number of hydrogen-bond acceptors (Lipinski definition) is 8. The molecule has 176 valence electrons. The van der Waals surface area contributed by atoms with Gasteiger partial charge in [0.1, 0.15) is 11.5 Å². The largest absolute Gasteiger partial charge is 0.507 e. The van der Waals surface area contributed by atoms with Crippen LogP contribution in [0.4, 0.5) is 5.69 Å². The van der Waals surface area contributed by atoms with E-state index in [1.54, 1.807) is 18.3 Å². The van der Waals surface area contributed by atoms with Gasteiger partial charge in [0, 0.05) is 56.3 Å². The number of carbonyl (C=O) groups is 1. The lowest BCUT2D eigenvalue weighted by atomic mass is 9.69. The van der Waals surface area contributed by atoms with E-state index in [0.717, 1.165) is 43.3 Å². The van der Waals surface area contributed by atoms with Crippen LogP contribution in [0.5, 0.6) is 5.75 Å². The van der Waals surface area contributed by atoms with Gasteiger partial charge in [0.05, 0.1) is 28.7 Å². The van der Waals surface area contributed by atoms with E-state index in [4.69, 9.17) is 4.52 Å². The molecule has 9 heteroatoms. The first kappa shape index (κ1) is 21.1. The molecule has 3 aliphatic rings. The molecule has 34 heavy (non-hydrogen) atoms. The van der Waals surface area contributed by atoms with E-state index in [0.29, 0.717) is 37.2 Å². The highest BCUT2D eigenvalue weighted by molar-refractivity contribution is 5.89. The summed E-state index contributed by atoms with van der Waals surface area (Å²) in [5, 5.41) is 26.3. The molecule has 2 N–H and O–H groups in total. The van der Waals surface area contributed by atoms with Crippen molar-refractivity contribution in [1.29, 1.82) is 0 Å². The summed E-state index contributed by atoms with van der Waals surface area (Å²) in [6, 6.07) is 11.0.